The molecule has 0 saturated carbocycles. The normalized spacial score (nSPS) is 13.9. The molecule has 0 aromatic heterocycles. The smallest absolute Gasteiger partial charge is 0.109 e. The minimum atomic E-state index is -0.647. The molecule has 0 radical (unpaired) electrons. The van der Waals surface area contributed by atoms with Crippen molar-refractivity contribution in [3.8, 4) is 0 Å². The van der Waals surface area contributed by atoms with Crippen LogP contribution in [0.3, 0.4) is 0 Å². The van der Waals surface area contributed by atoms with Crippen molar-refractivity contribution in [1.29, 1.82) is 0 Å². The molecule has 4 heteroatoms. The van der Waals surface area contributed by atoms with Gasteiger partial charge in [0.1, 0.15) is 6.10 Å². The summed E-state index contributed by atoms with van der Waals surface area (Å²) in [5.41, 5.74) is 1.88. The lowest BCUT2D eigenvalue weighted by atomic mass is 9.98. The van der Waals surface area contributed by atoms with Crippen molar-refractivity contribution in [3.63, 3.8) is 0 Å². The standard InChI is InChI=1S/C17H18BrClO2/c1-2-21-17(12-6-4-3-5-7-12)16(20)10-13-8-9-14(18)11-15(13)19/h3-9,11,16-17,20H,2,10H2,1H3. The summed E-state index contributed by atoms with van der Waals surface area (Å²) >= 11 is 9.60. The molecule has 112 valence electrons. The fourth-order valence-electron chi connectivity index (χ4n) is 2.27. The van der Waals surface area contributed by atoms with Crippen LogP contribution in [0.2, 0.25) is 5.02 Å². The van der Waals surface area contributed by atoms with E-state index in [1.807, 2.05) is 55.5 Å². The number of hydrogen-bond acceptors (Lipinski definition) is 2. The van der Waals surface area contributed by atoms with Crippen molar-refractivity contribution >= 4 is 27.5 Å². The molecule has 0 aliphatic heterocycles. The molecule has 2 aromatic carbocycles. The summed E-state index contributed by atoms with van der Waals surface area (Å²) in [5, 5.41) is 11.2. The predicted octanol–water partition coefficient (Wildman–Crippen LogP) is 4.78. The maximum atomic E-state index is 10.5. The van der Waals surface area contributed by atoms with Gasteiger partial charge in [0.05, 0.1) is 6.10 Å². The average Bonchev–Trinajstić information content (AvgIpc) is 2.48. The number of rotatable bonds is 6. The Morgan fingerprint density at radius 2 is 1.90 bits per heavy atom. The number of ether oxygens (including phenoxy) is 1. The summed E-state index contributed by atoms with van der Waals surface area (Å²) in [7, 11) is 0. The molecule has 21 heavy (non-hydrogen) atoms. The Balaban J connectivity index is 2.17. The summed E-state index contributed by atoms with van der Waals surface area (Å²) in [6.45, 7) is 2.47. The molecule has 0 heterocycles. The van der Waals surface area contributed by atoms with Crippen molar-refractivity contribution in [3.05, 3.63) is 69.2 Å². The second kappa shape index (κ2) is 7.95. The van der Waals surface area contributed by atoms with Gasteiger partial charge < -0.3 is 9.84 Å². The molecule has 0 amide bonds. The van der Waals surface area contributed by atoms with Gasteiger partial charge in [-0.2, -0.15) is 0 Å². The van der Waals surface area contributed by atoms with E-state index in [1.165, 1.54) is 0 Å². The predicted molar refractivity (Wildman–Crippen MR) is 89.7 cm³/mol. The van der Waals surface area contributed by atoms with Gasteiger partial charge in [-0.1, -0.05) is 63.9 Å². The Kier molecular flexibility index (Phi) is 6.24. The quantitative estimate of drug-likeness (QED) is 0.793. The van der Waals surface area contributed by atoms with E-state index in [2.05, 4.69) is 15.9 Å². The van der Waals surface area contributed by atoms with Crippen LogP contribution in [-0.4, -0.2) is 17.8 Å². The third-order valence-corrected chi connectivity index (χ3v) is 4.11. The molecule has 2 nitrogen and oxygen atoms in total. The number of aliphatic hydroxyl groups is 1. The summed E-state index contributed by atoms with van der Waals surface area (Å²) in [6, 6.07) is 15.4. The highest BCUT2D eigenvalue weighted by Gasteiger charge is 2.22. The molecule has 1 N–H and O–H groups in total. The molecule has 2 rings (SSSR count). The van der Waals surface area contributed by atoms with Crippen LogP contribution in [0.4, 0.5) is 0 Å². The maximum Gasteiger partial charge on any atom is 0.109 e. The van der Waals surface area contributed by atoms with Crippen LogP contribution in [-0.2, 0) is 11.2 Å². The molecule has 2 unspecified atom stereocenters. The van der Waals surface area contributed by atoms with Gasteiger partial charge in [0.2, 0.25) is 0 Å². The second-order valence-electron chi connectivity index (χ2n) is 4.79. The molecule has 2 aromatic rings. The van der Waals surface area contributed by atoms with E-state index in [0.29, 0.717) is 18.1 Å². The van der Waals surface area contributed by atoms with Crippen molar-refractivity contribution < 1.29 is 9.84 Å². The molecule has 0 saturated heterocycles. The minimum absolute atomic E-state index is 0.351. The number of benzene rings is 2. The molecule has 0 aliphatic rings. The van der Waals surface area contributed by atoms with Crippen LogP contribution in [0.1, 0.15) is 24.2 Å². The van der Waals surface area contributed by atoms with Gasteiger partial charge in [0, 0.05) is 22.5 Å². The summed E-state index contributed by atoms with van der Waals surface area (Å²) in [4.78, 5) is 0. The van der Waals surface area contributed by atoms with Gasteiger partial charge in [0.25, 0.3) is 0 Å². The van der Waals surface area contributed by atoms with E-state index in [9.17, 15) is 5.11 Å². The molecule has 0 spiro atoms. The van der Waals surface area contributed by atoms with Gasteiger partial charge in [-0.05, 0) is 30.2 Å². The Bertz CT molecular complexity index is 574. The molecular weight excluding hydrogens is 352 g/mol. The number of hydrogen-bond donors (Lipinski definition) is 1. The summed E-state index contributed by atoms with van der Waals surface area (Å²) in [5.74, 6) is 0. The van der Waals surface area contributed by atoms with Gasteiger partial charge in [-0.3, -0.25) is 0 Å². The third kappa shape index (κ3) is 4.55. The first-order valence-electron chi connectivity index (χ1n) is 6.90. The van der Waals surface area contributed by atoms with Crippen molar-refractivity contribution in [1.82, 2.24) is 0 Å². The van der Waals surface area contributed by atoms with Gasteiger partial charge in [0.15, 0.2) is 0 Å². The first kappa shape index (κ1) is 16.5. The van der Waals surface area contributed by atoms with Crippen LogP contribution in [0, 0.1) is 0 Å². The highest BCUT2D eigenvalue weighted by atomic mass is 79.9. The molecule has 2 atom stereocenters. The van der Waals surface area contributed by atoms with Crippen molar-refractivity contribution in [2.24, 2.45) is 0 Å². The van der Waals surface area contributed by atoms with E-state index in [1.54, 1.807) is 0 Å². The summed E-state index contributed by atoms with van der Waals surface area (Å²) < 4.78 is 6.65. The van der Waals surface area contributed by atoms with Gasteiger partial charge >= 0.3 is 0 Å². The topological polar surface area (TPSA) is 29.5 Å². The van der Waals surface area contributed by atoms with Crippen LogP contribution >= 0.6 is 27.5 Å². The highest BCUT2D eigenvalue weighted by Crippen LogP contribution is 2.27. The molecule has 0 fully saturated rings. The fraction of sp³-hybridized carbons (Fsp3) is 0.294. The van der Waals surface area contributed by atoms with Crippen molar-refractivity contribution in [2.45, 2.75) is 25.6 Å². The zero-order valence-electron chi connectivity index (χ0n) is 11.8. The monoisotopic (exact) mass is 368 g/mol. The highest BCUT2D eigenvalue weighted by molar-refractivity contribution is 9.10. The zero-order valence-corrected chi connectivity index (χ0v) is 14.1. The van der Waals surface area contributed by atoms with Crippen LogP contribution in [0.5, 0.6) is 0 Å². The van der Waals surface area contributed by atoms with E-state index >= 15 is 0 Å². The van der Waals surface area contributed by atoms with Crippen molar-refractivity contribution in [2.75, 3.05) is 6.61 Å². The van der Waals surface area contributed by atoms with Crippen LogP contribution in [0.15, 0.2) is 53.0 Å². The molecular formula is C17H18BrClO2. The SMILES string of the molecule is CCOC(c1ccccc1)C(O)Cc1ccc(Br)cc1Cl. The van der Waals surface area contributed by atoms with E-state index in [-0.39, 0.29) is 6.10 Å². The third-order valence-electron chi connectivity index (χ3n) is 3.27. The van der Waals surface area contributed by atoms with E-state index < -0.39 is 6.10 Å². The van der Waals surface area contributed by atoms with E-state index in [4.69, 9.17) is 16.3 Å². The Morgan fingerprint density at radius 1 is 1.19 bits per heavy atom. The average molecular weight is 370 g/mol. The zero-order chi connectivity index (χ0) is 15.2. The van der Waals surface area contributed by atoms with Crippen LogP contribution in [0.25, 0.3) is 0 Å². The van der Waals surface area contributed by atoms with Gasteiger partial charge in [-0.25, -0.2) is 0 Å². The Hall–Kier alpha value is -0.870. The molecule has 0 bridgehead atoms. The maximum absolute atomic E-state index is 10.5. The Morgan fingerprint density at radius 3 is 2.52 bits per heavy atom. The number of halogens is 2. The van der Waals surface area contributed by atoms with Gasteiger partial charge in [-0.15, -0.1) is 0 Å². The fourth-order valence-corrected chi connectivity index (χ4v) is 3.02. The first-order valence-corrected chi connectivity index (χ1v) is 8.07. The molecule has 0 aliphatic carbocycles. The second-order valence-corrected chi connectivity index (χ2v) is 6.12. The minimum Gasteiger partial charge on any atom is -0.390 e. The van der Waals surface area contributed by atoms with Crippen LogP contribution < -0.4 is 0 Å². The largest absolute Gasteiger partial charge is 0.390 e. The first-order chi connectivity index (χ1) is 10.1. The Labute approximate surface area is 138 Å². The summed E-state index contributed by atoms with van der Waals surface area (Å²) in [6.07, 6.45) is -0.548. The van der Waals surface area contributed by atoms with E-state index in [0.717, 1.165) is 15.6 Å². The number of aliphatic hydroxyl groups excluding tert-OH is 1. The lowest BCUT2D eigenvalue weighted by Crippen LogP contribution is -2.24. The lowest BCUT2D eigenvalue weighted by Gasteiger charge is -2.23. The lowest BCUT2D eigenvalue weighted by molar-refractivity contribution is -0.0339.